The van der Waals surface area contributed by atoms with Crippen molar-refractivity contribution < 1.29 is 9.84 Å². The van der Waals surface area contributed by atoms with Crippen molar-refractivity contribution in [1.82, 2.24) is 4.90 Å². The standard InChI is InChI=1S/C17H25NO2/c1-17(14-7-3-2-4-8-14)13-18(11-12-20-17)15-9-5-6-10-16(15)19/h2-4,7-8,15-16,19H,5-6,9-13H2,1H3. The molecule has 1 N–H and O–H groups in total. The van der Waals surface area contributed by atoms with Gasteiger partial charge in [-0.1, -0.05) is 43.2 Å². The molecular formula is C17H25NO2. The molecule has 3 rings (SSSR count). The Morgan fingerprint density at radius 3 is 2.70 bits per heavy atom. The van der Waals surface area contributed by atoms with Crippen molar-refractivity contribution in [3.8, 4) is 0 Å². The van der Waals surface area contributed by atoms with Crippen LogP contribution in [0.5, 0.6) is 0 Å². The average Bonchev–Trinajstić information content (AvgIpc) is 2.49. The van der Waals surface area contributed by atoms with Gasteiger partial charge in [-0.25, -0.2) is 0 Å². The first kappa shape index (κ1) is 14.1. The molecule has 110 valence electrons. The molecule has 1 aliphatic carbocycles. The Morgan fingerprint density at radius 2 is 1.95 bits per heavy atom. The number of morpholine rings is 1. The lowest BCUT2D eigenvalue weighted by molar-refractivity contribution is -0.129. The first-order valence-corrected chi connectivity index (χ1v) is 7.81. The fourth-order valence-electron chi connectivity index (χ4n) is 3.67. The number of nitrogens with zero attached hydrogens (tertiary/aromatic N) is 1. The van der Waals surface area contributed by atoms with E-state index in [0.717, 1.165) is 39.0 Å². The fraction of sp³-hybridized carbons (Fsp3) is 0.647. The summed E-state index contributed by atoms with van der Waals surface area (Å²) in [5.41, 5.74) is 0.978. The van der Waals surface area contributed by atoms with Gasteiger partial charge in [0.2, 0.25) is 0 Å². The van der Waals surface area contributed by atoms with Crippen molar-refractivity contribution in [3.63, 3.8) is 0 Å². The summed E-state index contributed by atoms with van der Waals surface area (Å²) in [6.45, 7) is 4.72. The zero-order valence-electron chi connectivity index (χ0n) is 12.3. The van der Waals surface area contributed by atoms with Gasteiger partial charge in [0, 0.05) is 19.1 Å². The minimum Gasteiger partial charge on any atom is -0.391 e. The van der Waals surface area contributed by atoms with E-state index < -0.39 is 0 Å². The van der Waals surface area contributed by atoms with E-state index in [1.165, 1.54) is 12.0 Å². The van der Waals surface area contributed by atoms with Crippen LogP contribution in [-0.2, 0) is 10.3 Å². The van der Waals surface area contributed by atoms with Gasteiger partial charge in [0.05, 0.1) is 12.7 Å². The Bertz CT molecular complexity index is 436. The molecule has 3 heteroatoms. The Morgan fingerprint density at radius 1 is 1.20 bits per heavy atom. The second kappa shape index (κ2) is 5.84. The summed E-state index contributed by atoms with van der Waals surface area (Å²) >= 11 is 0. The number of hydrogen-bond acceptors (Lipinski definition) is 3. The van der Waals surface area contributed by atoms with Crippen molar-refractivity contribution in [3.05, 3.63) is 35.9 Å². The summed E-state index contributed by atoms with van der Waals surface area (Å²) in [6, 6.07) is 10.8. The normalized spacial score (nSPS) is 35.9. The van der Waals surface area contributed by atoms with Gasteiger partial charge in [0.25, 0.3) is 0 Å². The lowest BCUT2D eigenvalue weighted by Gasteiger charge is -2.46. The lowest BCUT2D eigenvalue weighted by Crippen LogP contribution is -2.55. The summed E-state index contributed by atoms with van der Waals surface area (Å²) < 4.78 is 6.08. The van der Waals surface area contributed by atoms with Gasteiger partial charge in [-0.2, -0.15) is 0 Å². The molecule has 0 radical (unpaired) electrons. The third-order valence-electron chi connectivity index (χ3n) is 4.85. The van der Waals surface area contributed by atoms with E-state index >= 15 is 0 Å². The summed E-state index contributed by atoms with van der Waals surface area (Å²) in [4.78, 5) is 2.44. The zero-order valence-corrected chi connectivity index (χ0v) is 12.3. The van der Waals surface area contributed by atoms with Crippen LogP contribution in [0.3, 0.4) is 0 Å². The number of ether oxygens (including phenoxy) is 1. The van der Waals surface area contributed by atoms with Crippen LogP contribution in [0.2, 0.25) is 0 Å². The van der Waals surface area contributed by atoms with Gasteiger partial charge >= 0.3 is 0 Å². The third kappa shape index (κ3) is 2.76. The van der Waals surface area contributed by atoms with Crippen LogP contribution in [0.15, 0.2) is 30.3 Å². The van der Waals surface area contributed by atoms with Gasteiger partial charge in [0.1, 0.15) is 5.60 Å². The highest BCUT2D eigenvalue weighted by Crippen LogP contribution is 2.33. The van der Waals surface area contributed by atoms with Gasteiger partial charge in [-0.05, 0) is 25.3 Å². The summed E-state index contributed by atoms with van der Waals surface area (Å²) in [5.74, 6) is 0. The lowest BCUT2D eigenvalue weighted by atomic mass is 9.88. The predicted octanol–water partition coefficient (Wildman–Crippen LogP) is 2.54. The molecule has 3 atom stereocenters. The SMILES string of the molecule is CC1(c2ccccc2)CN(C2CCCCC2O)CCO1. The maximum absolute atomic E-state index is 10.3. The minimum absolute atomic E-state index is 0.165. The smallest absolute Gasteiger partial charge is 0.103 e. The third-order valence-corrected chi connectivity index (χ3v) is 4.85. The molecule has 0 spiro atoms. The highest BCUT2D eigenvalue weighted by molar-refractivity contribution is 5.23. The van der Waals surface area contributed by atoms with Crippen molar-refractivity contribution in [2.45, 2.75) is 50.4 Å². The second-order valence-electron chi connectivity index (χ2n) is 6.33. The Hall–Kier alpha value is -0.900. The van der Waals surface area contributed by atoms with Crippen molar-refractivity contribution in [2.75, 3.05) is 19.7 Å². The van der Waals surface area contributed by atoms with Crippen LogP contribution in [0.4, 0.5) is 0 Å². The Labute approximate surface area is 121 Å². The van der Waals surface area contributed by atoms with Crippen molar-refractivity contribution in [2.24, 2.45) is 0 Å². The fourth-order valence-corrected chi connectivity index (χ4v) is 3.67. The summed E-state index contributed by atoms with van der Waals surface area (Å²) in [6.07, 6.45) is 4.30. The van der Waals surface area contributed by atoms with Crippen LogP contribution in [0.25, 0.3) is 0 Å². The predicted molar refractivity (Wildman–Crippen MR) is 79.6 cm³/mol. The number of aliphatic hydroxyl groups excluding tert-OH is 1. The number of benzene rings is 1. The molecule has 1 saturated heterocycles. The van der Waals surface area contributed by atoms with Crippen LogP contribution >= 0.6 is 0 Å². The Kier molecular flexibility index (Phi) is 4.11. The molecule has 1 aromatic rings. The van der Waals surface area contributed by atoms with Gasteiger partial charge in [-0.15, -0.1) is 0 Å². The highest BCUT2D eigenvalue weighted by atomic mass is 16.5. The highest BCUT2D eigenvalue weighted by Gasteiger charge is 2.38. The molecule has 1 heterocycles. The van der Waals surface area contributed by atoms with Gasteiger partial charge < -0.3 is 9.84 Å². The van der Waals surface area contributed by atoms with Crippen LogP contribution < -0.4 is 0 Å². The van der Waals surface area contributed by atoms with E-state index in [1.807, 2.05) is 6.07 Å². The molecule has 20 heavy (non-hydrogen) atoms. The van der Waals surface area contributed by atoms with E-state index in [2.05, 4.69) is 36.1 Å². The Balaban J connectivity index is 1.76. The molecule has 3 nitrogen and oxygen atoms in total. The van der Waals surface area contributed by atoms with Crippen LogP contribution in [-0.4, -0.2) is 41.8 Å². The van der Waals surface area contributed by atoms with E-state index in [4.69, 9.17) is 4.74 Å². The average molecular weight is 275 g/mol. The van der Waals surface area contributed by atoms with Gasteiger partial charge in [-0.3, -0.25) is 4.90 Å². The van der Waals surface area contributed by atoms with Crippen molar-refractivity contribution >= 4 is 0 Å². The maximum Gasteiger partial charge on any atom is 0.103 e. The zero-order chi connectivity index (χ0) is 14.0. The monoisotopic (exact) mass is 275 g/mol. The van der Waals surface area contributed by atoms with Crippen LogP contribution in [0, 0.1) is 0 Å². The number of aliphatic hydroxyl groups is 1. The first-order valence-electron chi connectivity index (χ1n) is 7.81. The second-order valence-corrected chi connectivity index (χ2v) is 6.33. The maximum atomic E-state index is 10.3. The molecule has 1 saturated carbocycles. The molecule has 3 unspecified atom stereocenters. The molecule has 2 fully saturated rings. The van der Waals surface area contributed by atoms with Crippen molar-refractivity contribution in [1.29, 1.82) is 0 Å². The number of hydrogen-bond donors (Lipinski definition) is 1. The van der Waals surface area contributed by atoms with Gasteiger partial charge in [0.15, 0.2) is 0 Å². The molecule has 0 aromatic heterocycles. The van der Waals surface area contributed by atoms with E-state index in [0.29, 0.717) is 6.04 Å². The molecule has 1 aromatic carbocycles. The largest absolute Gasteiger partial charge is 0.391 e. The number of rotatable bonds is 2. The topological polar surface area (TPSA) is 32.7 Å². The molecule has 2 aliphatic rings. The van der Waals surface area contributed by atoms with E-state index in [9.17, 15) is 5.11 Å². The molecule has 0 bridgehead atoms. The molecule has 1 aliphatic heterocycles. The summed E-state index contributed by atoms with van der Waals surface area (Å²) in [7, 11) is 0. The molecular weight excluding hydrogens is 250 g/mol. The van der Waals surface area contributed by atoms with E-state index in [1.54, 1.807) is 0 Å². The van der Waals surface area contributed by atoms with E-state index in [-0.39, 0.29) is 11.7 Å². The van der Waals surface area contributed by atoms with Crippen LogP contribution in [0.1, 0.15) is 38.2 Å². The molecule has 0 amide bonds. The quantitative estimate of drug-likeness (QED) is 0.900. The first-order chi connectivity index (χ1) is 9.69. The summed E-state index contributed by atoms with van der Waals surface area (Å²) in [5, 5.41) is 10.3. The minimum atomic E-state index is -0.253.